The molecule has 3 aromatic rings. The van der Waals surface area contributed by atoms with Gasteiger partial charge in [-0.15, -0.1) is 0 Å². The average molecular weight is 669 g/mol. The van der Waals surface area contributed by atoms with Gasteiger partial charge in [0.15, 0.2) is 9.84 Å². The fourth-order valence-electron chi connectivity index (χ4n) is 5.59. The molecule has 11 nitrogen and oxygen atoms in total. The van der Waals surface area contributed by atoms with Gasteiger partial charge in [-0.3, -0.25) is 0 Å². The maximum absolute atomic E-state index is 13.1. The van der Waals surface area contributed by atoms with Gasteiger partial charge in [0.1, 0.15) is 23.3 Å². The van der Waals surface area contributed by atoms with Crippen LogP contribution in [0.5, 0.6) is 0 Å². The molecule has 1 aromatic carbocycles. The monoisotopic (exact) mass is 668 g/mol. The van der Waals surface area contributed by atoms with E-state index in [9.17, 15) is 18.5 Å². The number of aryl methyl sites for hydroxylation is 1. The number of sulfone groups is 1. The number of fused-ring (bicyclic) bond motifs is 1. The minimum atomic E-state index is -3.77. The number of aromatic nitrogens is 3. The van der Waals surface area contributed by atoms with Crippen LogP contribution >= 0.6 is 0 Å². The zero-order chi connectivity index (χ0) is 33.9. The Balaban J connectivity index is 1.76. The fourth-order valence-corrected chi connectivity index (χ4v) is 7.44. The van der Waals surface area contributed by atoms with Crippen LogP contribution in [0.1, 0.15) is 58.1 Å². The van der Waals surface area contributed by atoms with Gasteiger partial charge in [0.05, 0.1) is 16.8 Å². The third-order valence-electron chi connectivity index (χ3n) is 7.76. The first kappa shape index (κ1) is 35.4. The van der Waals surface area contributed by atoms with E-state index in [0.29, 0.717) is 42.2 Å². The van der Waals surface area contributed by atoms with Gasteiger partial charge in [-0.05, 0) is 57.7 Å². The summed E-state index contributed by atoms with van der Waals surface area (Å²) >= 11 is 0. The molecule has 1 saturated heterocycles. The number of amides is 1. The smallest absolute Gasteiger partial charge is 0.410 e. The fraction of sp³-hybridized carbons (Fsp3) is 0.576. The Morgan fingerprint density at radius 1 is 1.24 bits per heavy atom. The molecule has 13 heteroatoms. The minimum Gasteiger partial charge on any atom is -0.444 e. The second-order valence-electron chi connectivity index (χ2n) is 14.3. The van der Waals surface area contributed by atoms with Gasteiger partial charge in [0.2, 0.25) is 5.95 Å². The second-order valence-corrected chi connectivity index (χ2v) is 21.9. The van der Waals surface area contributed by atoms with E-state index in [1.54, 1.807) is 21.6 Å². The highest BCUT2D eigenvalue weighted by Crippen LogP contribution is 2.37. The Morgan fingerprint density at radius 3 is 2.61 bits per heavy atom. The topological polar surface area (TPSA) is 139 Å². The highest BCUT2D eigenvalue weighted by atomic mass is 32.2. The molecule has 3 heterocycles. The number of hydrogen-bond donors (Lipinski definition) is 1. The largest absolute Gasteiger partial charge is 0.444 e. The number of hydrogen-bond acceptors (Lipinski definition) is 9. The number of nitriles is 1. The predicted octanol–water partition coefficient (Wildman–Crippen LogP) is 6.45. The number of nitrogens with one attached hydrogen (secondary N) is 1. The number of benzene rings is 1. The van der Waals surface area contributed by atoms with Gasteiger partial charge >= 0.3 is 6.09 Å². The number of carbonyl (C=O) groups excluding carboxylic acids is 1. The van der Waals surface area contributed by atoms with Gasteiger partial charge < -0.3 is 24.3 Å². The molecular formula is C33H48N6O5SSi. The molecule has 0 aliphatic carbocycles. The molecule has 4 rings (SSSR count). The summed E-state index contributed by atoms with van der Waals surface area (Å²) < 4.78 is 39.7. The number of piperidine rings is 1. The number of likely N-dealkylation sites (tertiary alicyclic amines) is 1. The summed E-state index contributed by atoms with van der Waals surface area (Å²) in [5.74, 6) is 0.426. The van der Waals surface area contributed by atoms with Crippen LogP contribution in [0.3, 0.4) is 0 Å². The first-order chi connectivity index (χ1) is 21.5. The van der Waals surface area contributed by atoms with Crippen LogP contribution in [0.2, 0.25) is 25.7 Å². The van der Waals surface area contributed by atoms with E-state index in [2.05, 4.69) is 42.9 Å². The molecule has 1 aliphatic rings. The van der Waals surface area contributed by atoms with Crippen molar-refractivity contribution in [2.75, 3.05) is 31.3 Å². The lowest BCUT2D eigenvalue weighted by Gasteiger charge is -2.34. The second kappa shape index (κ2) is 14.1. The first-order valence-corrected chi connectivity index (χ1v) is 21.5. The van der Waals surface area contributed by atoms with Crippen LogP contribution in [0, 0.1) is 11.3 Å². The molecule has 46 heavy (non-hydrogen) atoms. The highest BCUT2D eigenvalue weighted by molar-refractivity contribution is 7.91. The summed E-state index contributed by atoms with van der Waals surface area (Å²) in [4.78, 5) is 24.1. The first-order valence-electron chi connectivity index (χ1n) is 15.9. The summed E-state index contributed by atoms with van der Waals surface area (Å²) in [7, 11) is -5.11. The summed E-state index contributed by atoms with van der Waals surface area (Å²) in [5.41, 5.74) is 2.30. The summed E-state index contributed by atoms with van der Waals surface area (Å²) in [6.45, 7) is 16.3. The van der Waals surface area contributed by atoms with E-state index in [4.69, 9.17) is 14.5 Å². The van der Waals surface area contributed by atoms with Crippen molar-refractivity contribution in [3.8, 4) is 17.3 Å². The minimum absolute atomic E-state index is 0.0126. The SMILES string of the molecule is CCCc1cnc(N[C@H]2CCCN(C(=O)OC(C)(C)C)C2)nc1-c1cn(COCC[Si](C)(C)C)c2c(S(C)(=O)=O)c(C#N)ccc12. The normalized spacial score (nSPS) is 16.0. The van der Waals surface area contributed by atoms with E-state index in [1.165, 1.54) is 0 Å². The molecule has 1 aliphatic heterocycles. The Labute approximate surface area is 274 Å². The van der Waals surface area contributed by atoms with Crippen molar-refractivity contribution in [1.82, 2.24) is 19.4 Å². The number of nitrogens with zero attached hydrogens (tertiary/aromatic N) is 5. The molecule has 0 radical (unpaired) electrons. The number of rotatable bonds is 11. The number of anilines is 1. The van der Waals surface area contributed by atoms with Crippen LogP contribution in [-0.2, 0) is 32.5 Å². The molecule has 0 spiro atoms. The highest BCUT2D eigenvalue weighted by Gasteiger charge is 2.29. The van der Waals surface area contributed by atoms with Crippen LogP contribution in [0.25, 0.3) is 22.2 Å². The molecule has 250 valence electrons. The van der Waals surface area contributed by atoms with Crippen molar-refractivity contribution >= 4 is 40.9 Å². The van der Waals surface area contributed by atoms with Gasteiger partial charge in [0, 0.05) is 63.4 Å². The average Bonchev–Trinajstić information content (AvgIpc) is 3.32. The van der Waals surface area contributed by atoms with Crippen molar-refractivity contribution in [2.45, 2.75) is 102 Å². The van der Waals surface area contributed by atoms with E-state index >= 15 is 0 Å². The Morgan fingerprint density at radius 2 is 1.98 bits per heavy atom. The summed E-state index contributed by atoms with van der Waals surface area (Å²) in [5, 5.41) is 14.0. The summed E-state index contributed by atoms with van der Waals surface area (Å²) in [6.07, 6.45) is 7.74. The third-order valence-corrected chi connectivity index (χ3v) is 10.6. The van der Waals surface area contributed by atoms with Crippen molar-refractivity contribution in [3.63, 3.8) is 0 Å². The van der Waals surface area contributed by atoms with Crippen LogP contribution in [-0.4, -0.2) is 79.6 Å². The molecule has 2 aromatic heterocycles. The van der Waals surface area contributed by atoms with Crippen molar-refractivity contribution in [3.05, 3.63) is 35.7 Å². The number of carbonyl (C=O) groups is 1. The molecule has 1 N–H and O–H groups in total. The summed E-state index contributed by atoms with van der Waals surface area (Å²) in [6, 6.07) is 6.32. The molecule has 1 atom stereocenters. The van der Waals surface area contributed by atoms with Crippen molar-refractivity contribution < 1.29 is 22.7 Å². The lowest BCUT2D eigenvalue weighted by Crippen LogP contribution is -2.47. The lowest BCUT2D eigenvalue weighted by molar-refractivity contribution is 0.0206. The van der Waals surface area contributed by atoms with Gasteiger partial charge in [-0.25, -0.2) is 23.2 Å². The molecule has 0 unspecified atom stereocenters. The maximum Gasteiger partial charge on any atom is 0.410 e. The zero-order valence-electron chi connectivity index (χ0n) is 28.4. The Kier molecular flexibility index (Phi) is 10.9. The number of ether oxygens (including phenoxy) is 2. The van der Waals surface area contributed by atoms with Crippen LogP contribution in [0.4, 0.5) is 10.7 Å². The molecule has 0 bridgehead atoms. The van der Waals surface area contributed by atoms with E-state index < -0.39 is 23.5 Å². The van der Waals surface area contributed by atoms with E-state index in [1.807, 2.05) is 33.2 Å². The Hall–Kier alpha value is -3.47. The molecule has 1 amide bonds. The molecule has 1 fully saturated rings. The molecule has 0 saturated carbocycles. The van der Waals surface area contributed by atoms with Crippen molar-refractivity contribution in [2.24, 2.45) is 0 Å². The van der Waals surface area contributed by atoms with Gasteiger partial charge in [-0.2, -0.15) is 5.26 Å². The zero-order valence-corrected chi connectivity index (χ0v) is 30.3. The lowest BCUT2D eigenvalue weighted by atomic mass is 10.0. The van der Waals surface area contributed by atoms with Gasteiger partial charge in [0.25, 0.3) is 0 Å². The van der Waals surface area contributed by atoms with Gasteiger partial charge in [-0.1, -0.05) is 39.1 Å². The maximum atomic E-state index is 13.1. The van der Waals surface area contributed by atoms with Crippen LogP contribution in [0.15, 0.2) is 29.4 Å². The third kappa shape index (κ3) is 8.86. The van der Waals surface area contributed by atoms with E-state index in [-0.39, 0.29) is 29.3 Å². The van der Waals surface area contributed by atoms with E-state index in [0.717, 1.165) is 49.1 Å². The molecular weight excluding hydrogens is 621 g/mol. The Bertz CT molecular complexity index is 1720. The standard InChI is InChI=1S/C33H48N6O5SSi/c1-9-11-24-19-35-31(36-25-12-10-15-38(20-25)32(40)44-33(2,3)4)37-28(24)27-21-39(22-43-16-17-46(6,7)8)29-26(27)14-13-23(18-34)30(29)45(5,41)42/h13-14,19,21,25H,9-12,15-17,20,22H2,1-8H3,(H,35,36,37)/t25-/m0/s1. The van der Waals surface area contributed by atoms with Crippen LogP contribution < -0.4 is 5.32 Å². The quantitative estimate of drug-likeness (QED) is 0.180. The predicted molar refractivity (Wildman–Crippen MR) is 183 cm³/mol. The van der Waals surface area contributed by atoms with Crippen molar-refractivity contribution in [1.29, 1.82) is 5.26 Å².